The van der Waals surface area contributed by atoms with Gasteiger partial charge in [-0.15, -0.1) is 10.2 Å². The second-order valence-corrected chi connectivity index (χ2v) is 8.17. The number of rotatable bonds is 5. The van der Waals surface area contributed by atoms with Crippen molar-refractivity contribution in [2.24, 2.45) is 10.2 Å². The average Bonchev–Trinajstić information content (AvgIpc) is 3.09. The molecule has 172 valence electrons. The highest BCUT2D eigenvalue weighted by Crippen LogP contribution is 2.40. The number of nitrogens with one attached hydrogen (secondary N) is 1. The van der Waals surface area contributed by atoms with Gasteiger partial charge in [-0.25, -0.2) is 14.5 Å². The van der Waals surface area contributed by atoms with Crippen molar-refractivity contribution in [3.05, 3.63) is 86.4 Å². The first-order chi connectivity index (χ1) is 16.2. The maximum atomic E-state index is 13.0. The first-order valence-electron chi connectivity index (χ1n) is 10.2. The lowest BCUT2D eigenvalue weighted by Crippen LogP contribution is -2.14. The zero-order chi connectivity index (χ0) is 24.6. The Morgan fingerprint density at radius 2 is 1.82 bits per heavy atom. The summed E-state index contributed by atoms with van der Waals surface area (Å²) in [4.78, 5) is 28.3. The van der Waals surface area contributed by atoms with Gasteiger partial charge in [-0.3, -0.25) is 9.89 Å². The van der Waals surface area contributed by atoms with Crippen molar-refractivity contribution in [2.75, 3.05) is 0 Å². The van der Waals surface area contributed by atoms with Gasteiger partial charge in [-0.1, -0.05) is 23.7 Å². The summed E-state index contributed by atoms with van der Waals surface area (Å²) in [6, 6.07) is 12.8. The standard InChI is InChI=1S/C24H20ClN5O4/c1-12-7-8-16(9-13(12)2)30-23(32)21(14(3)29-30)28-27-20-11-15(25)10-17(22(20)31)18-5-4-6-19(26-18)24(33)34/h4-11,29,31H,1-3H3,(H,33,34). The first kappa shape index (κ1) is 22.9. The third-order valence-electron chi connectivity index (χ3n) is 5.35. The second kappa shape index (κ2) is 8.95. The van der Waals surface area contributed by atoms with Crippen molar-refractivity contribution in [3.8, 4) is 22.7 Å². The van der Waals surface area contributed by atoms with Gasteiger partial charge in [0.15, 0.2) is 11.4 Å². The summed E-state index contributed by atoms with van der Waals surface area (Å²) in [5.74, 6) is -1.50. The molecule has 3 N–H and O–H groups in total. The van der Waals surface area contributed by atoms with E-state index in [1.165, 1.54) is 35.0 Å². The number of hydrogen-bond acceptors (Lipinski definition) is 6. The molecule has 0 aliphatic heterocycles. The maximum Gasteiger partial charge on any atom is 0.354 e. The number of aryl methyl sites for hydroxylation is 3. The molecule has 10 heteroatoms. The number of carbonyl (C=O) groups is 1. The lowest BCUT2D eigenvalue weighted by atomic mass is 10.1. The van der Waals surface area contributed by atoms with Crippen LogP contribution < -0.4 is 5.56 Å². The van der Waals surface area contributed by atoms with E-state index in [2.05, 4.69) is 20.3 Å². The molecule has 34 heavy (non-hydrogen) atoms. The maximum absolute atomic E-state index is 13.0. The Balaban J connectivity index is 1.75. The van der Waals surface area contributed by atoms with Gasteiger partial charge in [-0.05, 0) is 68.3 Å². The number of aromatic nitrogens is 3. The van der Waals surface area contributed by atoms with Crippen LogP contribution in [0.5, 0.6) is 5.75 Å². The summed E-state index contributed by atoms with van der Waals surface area (Å²) in [6.45, 7) is 5.64. The van der Waals surface area contributed by atoms with E-state index >= 15 is 0 Å². The van der Waals surface area contributed by atoms with E-state index in [9.17, 15) is 19.8 Å². The summed E-state index contributed by atoms with van der Waals surface area (Å²) in [5, 5.41) is 31.3. The number of pyridine rings is 1. The number of aromatic carboxylic acids is 1. The molecule has 0 radical (unpaired) electrons. The van der Waals surface area contributed by atoms with Gasteiger partial charge >= 0.3 is 5.97 Å². The highest BCUT2D eigenvalue weighted by Gasteiger charge is 2.16. The summed E-state index contributed by atoms with van der Waals surface area (Å²) < 4.78 is 1.38. The van der Waals surface area contributed by atoms with Crippen LogP contribution in [-0.4, -0.2) is 30.9 Å². The normalized spacial score (nSPS) is 11.3. The minimum atomic E-state index is -1.20. The highest BCUT2D eigenvalue weighted by atomic mass is 35.5. The van der Waals surface area contributed by atoms with Crippen molar-refractivity contribution in [2.45, 2.75) is 20.8 Å². The molecule has 0 spiro atoms. The lowest BCUT2D eigenvalue weighted by molar-refractivity contribution is 0.0690. The molecule has 2 aromatic heterocycles. The summed E-state index contributed by atoms with van der Waals surface area (Å²) in [6.07, 6.45) is 0. The molecule has 4 rings (SSSR count). The number of nitrogens with zero attached hydrogens (tertiary/aromatic N) is 4. The highest BCUT2D eigenvalue weighted by molar-refractivity contribution is 6.31. The number of azo groups is 1. The quantitative estimate of drug-likeness (QED) is 0.320. The van der Waals surface area contributed by atoms with Crippen LogP contribution in [0.4, 0.5) is 11.4 Å². The Bertz CT molecular complexity index is 1520. The van der Waals surface area contributed by atoms with Gasteiger partial charge in [0.05, 0.1) is 17.1 Å². The number of phenols is 1. The minimum Gasteiger partial charge on any atom is -0.505 e. The average molecular weight is 478 g/mol. The smallest absolute Gasteiger partial charge is 0.354 e. The molecule has 0 fully saturated rings. The van der Waals surface area contributed by atoms with Crippen molar-refractivity contribution in [3.63, 3.8) is 0 Å². The SMILES string of the molecule is Cc1ccc(-n2[nH]c(C)c(N=Nc3cc(Cl)cc(-c4cccc(C(=O)O)n4)c3O)c2=O)cc1C. The molecule has 2 heterocycles. The largest absolute Gasteiger partial charge is 0.505 e. The van der Waals surface area contributed by atoms with E-state index in [4.69, 9.17) is 11.6 Å². The monoisotopic (exact) mass is 477 g/mol. The Morgan fingerprint density at radius 3 is 2.53 bits per heavy atom. The summed E-state index contributed by atoms with van der Waals surface area (Å²) in [7, 11) is 0. The fraction of sp³-hybridized carbons (Fsp3) is 0.125. The molecule has 0 amide bonds. The Hall–Kier alpha value is -4.24. The molecule has 0 bridgehead atoms. The summed E-state index contributed by atoms with van der Waals surface area (Å²) in [5.41, 5.74) is 3.17. The molecule has 4 aromatic rings. The predicted molar refractivity (Wildman–Crippen MR) is 128 cm³/mol. The second-order valence-electron chi connectivity index (χ2n) is 7.73. The molecular weight excluding hydrogens is 458 g/mol. The van der Waals surface area contributed by atoms with Gasteiger partial charge in [-0.2, -0.15) is 0 Å². The predicted octanol–water partition coefficient (Wildman–Crippen LogP) is 5.63. The van der Waals surface area contributed by atoms with Gasteiger partial charge in [0, 0.05) is 10.6 Å². The van der Waals surface area contributed by atoms with Crippen LogP contribution in [0.1, 0.15) is 27.3 Å². The molecule has 0 aliphatic carbocycles. The molecule has 0 aliphatic rings. The van der Waals surface area contributed by atoms with E-state index in [-0.39, 0.29) is 39.1 Å². The number of carboxylic acids is 1. The number of H-pyrrole nitrogens is 1. The van der Waals surface area contributed by atoms with E-state index in [1.807, 2.05) is 32.0 Å². The van der Waals surface area contributed by atoms with Gasteiger partial charge in [0.1, 0.15) is 11.4 Å². The Kier molecular flexibility index (Phi) is 6.04. The Labute approximate surface area is 199 Å². The number of aromatic amines is 1. The number of benzene rings is 2. The van der Waals surface area contributed by atoms with E-state index in [1.54, 1.807) is 6.92 Å². The van der Waals surface area contributed by atoms with Crippen LogP contribution in [0.2, 0.25) is 5.02 Å². The van der Waals surface area contributed by atoms with Crippen LogP contribution in [-0.2, 0) is 0 Å². The van der Waals surface area contributed by atoms with Crippen molar-refractivity contribution in [1.29, 1.82) is 0 Å². The number of carboxylic acid groups (broad SMARTS) is 1. The van der Waals surface area contributed by atoms with Crippen LogP contribution in [0.25, 0.3) is 16.9 Å². The van der Waals surface area contributed by atoms with Gasteiger partial charge in [0.25, 0.3) is 5.56 Å². The van der Waals surface area contributed by atoms with Crippen LogP contribution in [0.3, 0.4) is 0 Å². The molecule has 0 unspecified atom stereocenters. The molecule has 0 saturated heterocycles. The molecule has 0 saturated carbocycles. The van der Waals surface area contributed by atoms with E-state index < -0.39 is 11.5 Å². The van der Waals surface area contributed by atoms with E-state index in [0.717, 1.165) is 11.1 Å². The van der Waals surface area contributed by atoms with Crippen molar-refractivity contribution >= 4 is 28.9 Å². The molecule has 0 atom stereocenters. The van der Waals surface area contributed by atoms with Gasteiger partial charge in [0.2, 0.25) is 0 Å². The van der Waals surface area contributed by atoms with Gasteiger partial charge < -0.3 is 10.2 Å². The molecule has 2 aromatic carbocycles. The fourth-order valence-corrected chi connectivity index (χ4v) is 3.58. The lowest BCUT2D eigenvalue weighted by Gasteiger charge is -2.08. The third kappa shape index (κ3) is 4.33. The molecule has 9 nitrogen and oxygen atoms in total. The van der Waals surface area contributed by atoms with E-state index in [0.29, 0.717) is 11.4 Å². The number of phenolic OH excluding ortho intramolecular Hbond substituents is 1. The van der Waals surface area contributed by atoms with Crippen LogP contribution >= 0.6 is 11.6 Å². The zero-order valence-electron chi connectivity index (χ0n) is 18.5. The summed E-state index contributed by atoms with van der Waals surface area (Å²) >= 11 is 6.20. The van der Waals surface area contributed by atoms with Crippen molar-refractivity contribution < 1.29 is 15.0 Å². The fourth-order valence-electron chi connectivity index (χ4n) is 3.37. The number of halogens is 1. The van der Waals surface area contributed by atoms with Crippen LogP contribution in [0.15, 0.2) is 63.6 Å². The Morgan fingerprint density at radius 1 is 1.06 bits per heavy atom. The van der Waals surface area contributed by atoms with Crippen LogP contribution in [0, 0.1) is 20.8 Å². The zero-order valence-corrected chi connectivity index (χ0v) is 19.3. The first-order valence-corrected chi connectivity index (χ1v) is 10.6. The number of hydrogen-bond donors (Lipinski definition) is 3. The third-order valence-corrected chi connectivity index (χ3v) is 5.56. The topological polar surface area (TPSA) is 133 Å². The number of aromatic hydroxyl groups is 1. The van der Waals surface area contributed by atoms with Crippen molar-refractivity contribution in [1.82, 2.24) is 14.8 Å². The minimum absolute atomic E-state index is 0.00255. The molecular formula is C24H20ClN5O4.